The number of primary amides is 1. The summed E-state index contributed by atoms with van der Waals surface area (Å²) in [5, 5.41) is 21.1. The molecule has 0 radical (unpaired) electrons. The first-order valence-corrected chi connectivity index (χ1v) is 9.09. The number of likely N-dealkylation sites (tertiary alicyclic amines) is 1. The number of aliphatic hydroxyl groups is 2. The van der Waals surface area contributed by atoms with Crippen LogP contribution in [0.25, 0.3) is 0 Å². The van der Waals surface area contributed by atoms with E-state index in [9.17, 15) is 23.8 Å². The number of halogens is 2. The van der Waals surface area contributed by atoms with Crippen molar-refractivity contribution in [3.05, 3.63) is 35.9 Å². The van der Waals surface area contributed by atoms with Gasteiger partial charge in [0.05, 0.1) is 13.2 Å². The zero-order valence-corrected chi connectivity index (χ0v) is 15.7. The summed E-state index contributed by atoms with van der Waals surface area (Å²) in [7, 11) is 0. The molecule has 152 valence electrons. The van der Waals surface area contributed by atoms with E-state index in [0.29, 0.717) is 25.9 Å². The van der Waals surface area contributed by atoms with E-state index < -0.39 is 29.8 Å². The molecule has 1 amide bonds. The van der Waals surface area contributed by atoms with Crippen LogP contribution < -0.4 is 5.73 Å². The van der Waals surface area contributed by atoms with E-state index >= 15 is 0 Å². The van der Waals surface area contributed by atoms with Crippen molar-refractivity contribution in [1.82, 2.24) is 4.90 Å². The van der Waals surface area contributed by atoms with Crippen molar-refractivity contribution in [2.45, 2.75) is 43.9 Å². The highest BCUT2D eigenvalue weighted by atomic mass is 19.3. The lowest BCUT2D eigenvalue weighted by molar-refractivity contribution is -0.332. The van der Waals surface area contributed by atoms with E-state index in [4.69, 9.17) is 10.5 Å². The number of ether oxygens (including phenoxy) is 1. The predicted octanol–water partition coefficient (Wildman–Crippen LogP) is 1.45. The molecule has 1 fully saturated rings. The number of carbonyl (C=O) groups excluding carboxylic acids is 1. The second-order valence-electron chi connectivity index (χ2n) is 7.37. The van der Waals surface area contributed by atoms with Crippen LogP contribution in [0.4, 0.5) is 8.78 Å². The van der Waals surface area contributed by atoms with Crippen molar-refractivity contribution >= 4 is 5.91 Å². The molecule has 1 aromatic rings. The van der Waals surface area contributed by atoms with Crippen LogP contribution >= 0.6 is 0 Å². The van der Waals surface area contributed by atoms with Gasteiger partial charge < -0.3 is 20.7 Å². The van der Waals surface area contributed by atoms with Gasteiger partial charge in [-0.1, -0.05) is 44.2 Å². The van der Waals surface area contributed by atoms with Crippen LogP contribution in [0.1, 0.15) is 32.3 Å². The summed E-state index contributed by atoms with van der Waals surface area (Å²) in [6.07, 6.45) is 1.42. The first-order chi connectivity index (χ1) is 12.6. The SMILES string of the molecule is CC(C)COC(c1ccccc1)(N1CCCC1)C(O)(CO)C(F)(F)C(N)=O. The first kappa shape index (κ1) is 21.7. The van der Waals surface area contributed by atoms with Gasteiger partial charge in [-0.05, 0) is 18.8 Å². The molecular formula is C19H28F2N2O4. The Morgan fingerprint density at radius 3 is 2.26 bits per heavy atom. The number of hydrogen-bond donors (Lipinski definition) is 3. The maximum Gasteiger partial charge on any atom is 0.359 e. The molecule has 1 saturated heterocycles. The highest BCUT2D eigenvalue weighted by Gasteiger charge is 2.71. The molecule has 0 saturated carbocycles. The molecule has 2 atom stereocenters. The Bertz CT molecular complexity index is 638. The number of nitrogens with zero attached hydrogens (tertiary/aromatic N) is 1. The van der Waals surface area contributed by atoms with E-state index in [0.717, 1.165) is 0 Å². The number of nitrogens with two attached hydrogens (primary N) is 1. The van der Waals surface area contributed by atoms with Crippen LogP contribution in [0.15, 0.2) is 30.3 Å². The zero-order chi connectivity index (χ0) is 20.3. The molecule has 0 bridgehead atoms. The van der Waals surface area contributed by atoms with Crippen molar-refractivity contribution in [1.29, 1.82) is 0 Å². The quantitative estimate of drug-likeness (QED) is 0.597. The van der Waals surface area contributed by atoms with Gasteiger partial charge in [0.15, 0.2) is 5.72 Å². The molecule has 0 aliphatic carbocycles. The summed E-state index contributed by atoms with van der Waals surface area (Å²) in [5.41, 5.74) is -0.254. The van der Waals surface area contributed by atoms with Crippen molar-refractivity contribution in [2.24, 2.45) is 11.7 Å². The highest BCUT2D eigenvalue weighted by Crippen LogP contribution is 2.49. The summed E-state index contributed by atoms with van der Waals surface area (Å²) in [6, 6.07) is 8.02. The Kier molecular flexibility index (Phi) is 6.57. The fourth-order valence-electron chi connectivity index (χ4n) is 3.58. The second kappa shape index (κ2) is 8.18. The predicted molar refractivity (Wildman–Crippen MR) is 95.9 cm³/mol. The topological polar surface area (TPSA) is 96.0 Å². The molecular weight excluding hydrogens is 358 g/mol. The third-order valence-electron chi connectivity index (χ3n) is 4.96. The van der Waals surface area contributed by atoms with Gasteiger partial charge in [0.2, 0.25) is 5.60 Å². The van der Waals surface area contributed by atoms with E-state index in [-0.39, 0.29) is 18.1 Å². The zero-order valence-electron chi connectivity index (χ0n) is 15.7. The maximum absolute atomic E-state index is 15.0. The fourth-order valence-corrected chi connectivity index (χ4v) is 3.58. The van der Waals surface area contributed by atoms with E-state index in [1.165, 1.54) is 12.1 Å². The van der Waals surface area contributed by atoms with E-state index in [2.05, 4.69) is 0 Å². The smallest absolute Gasteiger partial charge is 0.359 e. The van der Waals surface area contributed by atoms with Gasteiger partial charge in [0.25, 0.3) is 5.91 Å². The third-order valence-corrected chi connectivity index (χ3v) is 4.96. The van der Waals surface area contributed by atoms with Crippen LogP contribution in [-0.2, 0) is 15.3 Å². The Morgan fingerprint density at radius 2 is 1.81 bits per heavy atom. The van der Waals surface area contributed by atoms with E-state index in [1.54, 1.807) is 23.1 Å². The Labute approximate surface area is 157 Å². The number of amides is 1. The minimum Gasteiger partial charge on any atom is -0.393 e. The largest absolute Gasteiger partial charge is 0.393 e. The van der Waals surface area contributed by atoms with Crippen molar-refractivity contribution < 1.29 is 28.5 Å². The van der Waals surface area contributed by atoms with E-state index in [1.807, 2.05) is 13.8 Å². The Hall–Kier alpha value is -1.61. The minimum absolute atomic E-state index is 0.0303. The monoisotopic (exact) mass is 386 g/mol. The molecule has 1 heterocycles. The Balaban J connectivity index is 2.77. The molecule has 0 spiro atoms. The lowest BCUT2D eigenvalue weighted by Gasteiger charge is -2.53. The lowest BCUT2D eigenvalue weighted by Crippen LogP contribution is -2.74. The van der Waals surface area contributed by atoms with Gasteiger partial charge in [0.1, 0.15) is 0 Å². The molecule has 6 nitrogen and oxygen atoms in total. The van der Waals surface area contributed by atoms with Crippen LogP contribution in [0, 0.1) is 5.92 Å². The summed E-state index contributed by atoms with van der Waals surface area (Å²) >= 11 is 0. The molecule has 1 aromatic carbocycles. The number of carbonyl (C=O) groups is 1. The summed E-state index contributed by atoms with van der Waals surface area (Å²) in [6.45, 7) is 3.02. The van der Waals surface area contributed by atoms with Crippen LogP contribution in [0.5, 0.6) is 0 Å². The van der Waals surface area contributed by atoms with Gasteiger partial charge in [-0.15, -0.1) is 0 Å². The molecule has 8 heteroatoms. The Morgan fingerprint density at radius 1 is 1.26 bits per heavy atom. The average molecular weight is 386 g/mol. The van der Waals surface area contributed by atoms with Crippen molar-refractivity contribution in [3.63, 3.8) is 0 Å². The van der Waals surface area contributed by atoms with Gasteiger partial charge in [0, 0.05) is 18.7 Å². The van der Waals surface area contributed by atoms with Gasteiger partial charge >= 0.3 is 5.92 Å². The first-order valence-electron chi connectivity index (χ1n) is 9.09. The number of rotatable bonds is 9. The van der Waals surface area contributed by atoms with Crippen molar-refractivity contribution in [2.75, 3.05) is 26.3 Å². The van der Waals surface area contributed by atoms with Crippen LogP contribution in [0.3, 0.4) is 0 Å². The summed E-state index contributed by atoms with van der Waals surface area (Å²) < 4.78 is 35.9. The van der Waals surface area contributed by atoms with Gasteiger partial charge in [-0.2, -0.15) is 8.78 Å². The van der Waals surface area contributed by atoms with Crippen LogP contribution in [0.2, 0.25) is 0 Å². The molecule has 27 heavy (non-hydrogen) atoms. The van der Waals surface area contributed by atoms with Crippen molar-refractivity contribution in [3.8, 4) is 0 Å². The molecule has 2 rings (SSSR count). The van der Waals surface area contributed by atoms with Gasteiger partial charge in [-0.25, -0.2) is 0 Å². The average Bonchev–Trinajstić information content (AvgIpc) is 3.17. The molecule has 1 aliphatic rings. The summed E-state index contributed by atoms with van der Waals surface area (Å²) in [4.78, 5) is 13.2. The number of alkyl halides is 2. The molecule has 0 aromatic heterocycles. The number of aliphatic hydroxyl groups excluding tert-OH is 1. The van der Waals surface area contributed by atoms with Gasteiger partial charge in [-0.3, -0.25) is 9.69 Å². The standard InChI is InChI=1S/C19H28F2N2O4/c1-14(2)12-27-19(23-10-6-7-11-23,15-8-4-3-5-9-15)17(26,13-24)18(20,21)16(22)25/h3-5,8-9,14,24,26H,6-7,10-13H2,1-2H3,(H2,22,25). The molecule has 2 unspecified atom stereocenters. The molecule has 1 aliphatic heterocycles. The number of hydrogen-bond acceptors (Lipinski definition) is 5. The fraction of sp³-hybridized carbons (Fsp3) is 0.632. The second-order valence-corrected chi connectivity index (χ2v) is 7.37. The minimum atomic E-state index is -4.43. The summed E-state index contributed by atoms with van der Waals surface area (Å²) in [5.74, 6) is -6.50. The normalized spacial score (nSPS) is 20.4. The molecule has 4 N–H and O–H groups in total. The highest BCUT2D eigenvalue weighted by molar-refractivity contribution is 5.83. The lowest BCUT2D eigenvalue weighted by atomic mass is 9.78. The maximum atomic E-state index is 15.0. The number of benzene rings is 1. The third kappa shape index (κ3) is 3.59. The van der Waals surface area contributed by atoms with Crippen LogP contribution in [-0.4, -0.2) is 58.8 Å².